The van der Waals surface area contributed by atoms with E-state index in [2.05, 4.69) is 44.9 Å². The van der Waals surface area contributed by atoms with Crippen LogP contribution in [0, 0.1) is 6.92 Å². The molecule has 22 heavy (non-hydrogen) atoms. The number of aromatic nitrogens is 2. The fourth-order valence-corrected chi connectivity index (χ4v) is 5.48. The number of rotatable bonds is 3. The van der Waals surface area contributed by atoms with Crippen molar-refractivity contribution in [1.29, 1.82) is 0 Å². The summed E-state index contributed by atoms with van der Waals surface area (Å²) in [6.45, 7) is 4.34. The highest BCUT2D eigenvalue weighted by molar-refractivity contribution is 7.99. The lowest BCUT2D eigenvalue weighted by molar-refractivity contribution is 0.378. The molecule has 2 fully saturated rings. The Labute approximate surface area is 139 Å². The molecular formula is C16H22N4S2. The highest BCUT2D eigenvalue weighted by atomic mass is 32.2. The minimum absolute atomic E-state index is 0.682. The van der Waals surface area contributed by atoms with E-state index in [9.17, 15) is 0 Å². The molecule has 0 radical (unpaired) electrons. The SMILES string of the molecule is Cc1cc2c(N3CCC(NC4CCSC4)CC3)ncnc2s1. The van der Waals surface area contributed by atoms with E-state index in [-0.39, 0.29) is 0 Å². The van der Waals surface area contributed by atoms with Crippen LogP contribution in [-0.2, 0) is 0 Å². The van der Waals surface area contributed by atoms with E-state index in [0.29, 0.717) is 6.04 Å². The van der Waals surface area contributed by atoms with Gasteiger partial charge >= 0.3 is 0 Å². The van der Waals surface area contributed by atoms with E-state index in [1.807, 2.05) is 0 Å². The molecule has 0 bridgehead atoms. The molecule has 0 aliphatic carbocycles. The summed E-state index contributed by atoms with van der Waals surface area (Å²) in [5, 5.41) is 5.08. The van der Waals surface area contributed by atoms with Crippen molar-refractivity contribution in [3.63, 3.8) is 0 Å². The number of nitrogens with one attached hydrogen (secondary N) is 1. The molecule has 2 aromatic rings. The molecule has 2 aromatic heterocycles. The fraction of sp³-hybridized carbons (Fsp3) is 0.625. The Morgan fingerprint density at radius 3 is 2.82 bits per heavy atom. The molecule has 4 heterocycles. The predicted molar refractivity (Wildman–Crippen MR) is 96.3 cm³/mol. The van der Waals surface area contributed by atoms with Gasteiger partial charge in [0.05, 0.1) is 5.39 Å². The largest absolute Gasteiger partial charge is 0.356 e. The molecule has 1 atom stereocenters. The van der Waals surface area contributed by atoms with E-state index in [1.54, 1.807) is 17.7 Å². The molecule has 1 N–H and O–H groups in total. The van der Waals surface area contributed by atoms with Gasteiger partial charge in [0.1, 0.15) is 17.0 Å². The number of aryl methyl sites for hydroxylation is 1. The molecule has 0 amide bonds. The summed E-state index contributed by atoms with van der Waals surface area (Å²) >= 11 is 3.84. The van der Waals surface area contributed by atoms with E-state index in [1.165, 1.54) is 41.0 Å². The summed E-state index contributed by atoms with van der Waals surface area (Å²) < 4.78 is 0. The fourth-order valence-electron chi connectivity index (χ4n) is 3.47. The number of piperidine rings is 1. The highest BCUT2D eigenvalue weighted by Gasteiger charge is 2.25. The Balaban J connectivity index is 1.44. The van der Waals surface area contributed by atoms with Crippen molar-refractivity contribution in [3.8, 4) is 0 Å². The average molecular weight is 335 g/mol. The molecule has 2 aliphatic heterocycles. The summed E-state index contributed by atoms with van der Waals surface area (Å²) in [4.78, 5) is 13.8. The first kappa shape index (κ1) is 14.7. The van der Waals surface area contributed by atoms with Gasteiger partial charge in [-0.15, -0.1) is 11.3 Å². The second kappa shape index (κ2) is 6.34. The summed E-state index contributed by atoms with van der Waals surface area (Å²) in [6, 6.07) is 3.66. The Morgan fingerprint density at radius 2 is 2.05 bits per heavy atom. The smallest absolute Gasteiger partial charge is 0.140 e. The molecule has 0 spiro atoms. The van der Waals surface area contributed by atoms with Crippen LogP contribution in [0.5, 0.6) is 0 Å². The second-order valence-corrected chi connectivity index (χ2v) is 8.65. The number of thioether (sulfide) groups is 1. The summed E-state index contributed by atoms with van der Waals surface area (Å²) in [5.74, 6) is 3.75. The Hall–Kier alpha value is -0.850. The van der Waals surface area contributed by atoms with Crippen LogP contribution in [0.25, 0.3) is 10.2 Å². The molecule has 0 saturated carbocycles. The molecule has 1 unspecified atom stereocenters. The van der Waals surface area contributed by atoms with Crippen molar-refractivity contribution in [2.24, 2.45) is 0 Å². The minimum atomic E-state index is 0.682. The van der Waals surface area contributed by atoms with Crippen LogP contribution in [0.2, 0.25) is 0 Å². The average Bonchev–Trinajstić information content (AvgIpc) is 3.16. The summed E-state index contributed by atoms with van der Waals surface area (Å²) in [6.07, 6.45) is 5.49. The highest BCUT2D eigenvalue weighted by Crippen LogP contribution is 2.31. The van der Waals surface area contributed by atoms with Gasteiger partial charge in [0, 0.05) is 35.8 Å². The van der Waals surface area contributed by atoms with Gasteiger partial charge in [-0.2, -0.15) is 11.8 Å². The van der Waals surface area contributed by atoms with Gasteiger partial charge in [-0.25, -0.2) is 9.97 Å². The van der Waals surface area contributed by atoms with Gasteiger partial charge in [0.15, 0.2) is 0 Å². The normalized spacial score (nSPS) is 23.5. The summed E-state index contributed by atoms with van der Waals surface area (Å²) in [5.41, 5.74) is 0. The van der Waals surface area contributed by atoms with Crippen molar-refractivity contribution >= 4 is 39.1 Å². The maximum atomic E-state index is 4.57. The lowest BCUT2D eigenvalue weighted by atomic mass is 10.0. The third-order valence-electron chi connectivity index (χ3n) is 4.63. The van der Waals surface area contributed by atoms with Crippen LogP contribution in [0.3, 0.4) is 0 Å². The Morgan fingerprint density at radius 1 is 1.18 bits per heavy atom. The first-order valence-electron chi connectivity index (χ1n) is 8.09. The number of anilines is 1. The molecule has 2 aliphatic rings. The zero-order valence-electron chi connectivity index (χ0n) is 12.9. The molecule has 6 heteroatoms. The Bertz CT molecular complexity index is 643. The van der Waals surface area contributed by atoms with E-state index in [4.69, 9.17) is 0 Å². The molecule has 118 valence electrons. The zero-order valence-corrected chi connectivity index (χ0v) is 14.6. The van der Waals surface area contributed by atoms with E-state index < -0.39 is 0 Å². The molecule has 4 rings (SSSR count). The van der Waals surface area contributed by atoms with Crippen LogP contribution in [0.15, 0.2) is 12.4 Å². The zero-order chi connectivity index (χ0) is 14.9. The third kappa shape index (κ3) is 2.96. The second-order valence-electron chi connectivity index (χ2n) is 6.26. The van der Waals surface area contributed by atoms with Gasteiger partial charge in [-0.05, 0) is 38.0 Å². The summed E-state index contributed by atoms with van der Waals surface area (Å²) in [7, 11) is 0. The predicted octanol–water partition coefficient (Wildman–Crippen LogP) is 3.06. The number of nitrogens with zero attached hydrogens (tertiary/aromatic N) is 3. The van der Waals surface area contributed by atoms with Gasteiger partial charge in [-0.3, -0.25) is 0 Å². The maximum Gasteiger partial charge on any atom is 0.140 e. The van der Waals surface area contributed by atoms with Crippen molar-refractivity contribution in [2.75, 3.05) is 29.5 Å². The lowest BCUT2D eigenvalue weighted by Crippen LogP contribution is -2.46. The van der Waals surface area contributed by atoms with Crippen molar-refractivity contribution in [1.82, 2.24) is 15.3 Å². The van der Waals surface area contributed by atoms with Gasteiger partial charge in [-0.1, -0.05) is 0 Å². The number of thiophene rings is 1. The standard InChI is InChI=1S/C16H22N4S2/c1-11-8-14-15(17-10-18-16(14)22-11)20-5-2-12(3-6-20)19-13-4-7-21-9-13/h8,10,12-13,19H,2-7,9H2,1H3. The molecule has 0 aromatic carbocycles. The van der Waals surface area contributed by atoms with Crippen molar-refractivity contribution in [2.45, 2.75) is 38.3 Å². The molecule has 2 saturated heterocycles. The number of fused-ring (bicyclic) bond motifs is 1. The van der Waals surface area contributed by atoms with Crippen LogP contribution >= 0.6 is 23.1 Å². The first-order chi connectivity index (χ1) is 10.8. The van der Waals surface area contributed by atoms with Crippen LogP contribution < -0.4 is 10.2 Å². The lowest BCUT2D eigenvalue weighted by Gasteiger charge is -2.34. The van der Waals surface area contributed by atoms with E-state index in [0.717, 1.165) is 29.8 Å². The quantitative estimate of drug-likeness (QED) is 0.934. The van der Waals surface area contributed by atoms with Gasteiger partial charge in [0.2, 0.25) is 0 Å². The third-order valence-corrected chi connectivity index (χ3v) is 6.75. The maximum absolute atomic E-state index is 4.57. The van der Waals surface area contributed by atoms with Crippen LogP contribution in [-0.4, -0.2) is 46.6 Å². The number of hydrogen-bond donors (Lipinski definition) is 1. The van der Waals surface area contributed by atoms with Crippen LogP contribution in [0.1, 0.15) is 24.1 Å². The van der Waals surface area contributed by atoms with Gasteiger partial charge < -0.3 is 10.2 Å². The monoisotopic (exact) mass is 334 g/mol. The van der Waals surface area contributed by atoms with Crippen molar-refractivity contribution in [3.05, 3.63) is 17.3 Å². The topological polar surface area (TPSA) is 41.0 Å². The number of hydrogen-bond acceptors (Lipinski definition) is 6. The Kier molecular flexibility index (Phi) is 4.24. The van der Waals surface area contributed by atoms with E-state index >= 15 is 0 Å². The molecule has 4 nitrogen and oxygen atoms in total. The van der Waals surface area contributed by atoms with Crippen LogP contribution in [0.4, 0.5) is 5.82 Å². The van der Waals surface area contributed by atoms with Crippen molar-refractivity contribution < 1.29 is 0 Å². The first-order valence-corrected chi connectivity index (χ1v) is 10.1. The molecular weight excluding hydrogens is 312 g/mol. The minimum Gasteiger partial charge on any atom is -0.356 e. The van der Waals surface area contributed by atoms with Gasteiger partial charge in [0.25, 0.3) is 0 Å².